The fraction of sp³-hybridized carbons (Fsp3) is 0.391. The van der Waals surface area contributed by atoms with Gasteiger partial charge in [-0.2, -0.15) is 5.10 Å². The molecular formula is C23H25ClN4O. The predicted molar refractivity (Wildman–Crippen MR) is 116 cm³/mol. The van der Waals surface area contributed by atoms with E-state index in [9.17, 15) is 4.79 Å². The van der Waals surface area contributed by atoms with Crippen molar-refractivity contribution in [3.8, 4) is 0 Å². The fourth-order valence-electron chi connectivity index (χ4n) is 5.22. The molecule has 0 spiro atoms. The summed E-state index contributed by atoms with van der Waals surface area (Å²) >= 11 is 6.38. The molecule has 0 bridgehead atoms. The van der Waals surface area contributed by atoms with Crippen LogP contribution in [0.4, 0.5) is 5.69 Å². The largest absolute Gasteiger partial charge is 0.325 e. The minimum Gasteiger partial charge on any atom is -0.325 e. The number of H-pyrrole nitrogens is 1. The third-order valence-corrected chi connectivity index (χ3v) is 6.98. The van der Waals surface area contributed by atoms with Gasteiger partial charge in [0, 0.05) is 29.2 Å². The second kappa shape index (κ2) is 7.81. The number of fused-ring (bicyclic) bond motifs is 2. The topological polar surface area (TPSA) is 61.0 Å². The molecular weight excluding hydrogens is 384 g/mol. The maximum Gasteiger partial charge on any atom is 0.238 e. The van der Waals surface area contributed by atoms with Crippen LogP contribution in [0.15, 0.2) is 48.7 Å². The molecule has 1 aromatic heterocycles. The third kappa shape index (κ3) is 3.89. The van der Waals surface area contributed by atoms with E-state index in [0.717, 1.165) is 41.1 Å². The first-order valence-corrected chi connectivity index (χ1v) is 10.7. The highest BCUT2D eigenvalue weighted by molar-refractivity contribution is 6.31. The Labute approximate surface area is 175 Å². The number of hydrogen-bond donors (Lipinski definition) is 2. The van der Waals surface area contributed by atoms with Crippen LogP contribution < -0.4 is 5.32 Å². The Morgan fingerprint density at radius 3 is 3.00 bits per heavy atom. The van der Waals surface area contributed by atoms with E-state index in [0.29, 0.717) is 24.3 Å². The number of nitrogens with zero attached hydrogens (tertiary/aromatic N) is 2. The lowest BCUT2D eigenvalue weighted by Gasteiger charge is -2.21. The molecule has 6 heteroatoms. The minimum absolute atomic E-state index is 0.0514. The van der Waals surface area contributed by atoms with Gasteiger partial charge < -0.3 is 5.32 Å². The zero-order valence-corrected chi connectivity index (χ0v) is 17.0. The summed E-state index contributed by atoms with van der Waals surface area (Å²) in [7, 11) is 0. The van der Waals surface area contributed by atoms with Gasteiger partial charge in [-0.25, -0.2) is 0 Å². The zero-order valence-electron chi connectivity index (χ0n) is 16.3. The molecule has 29 heavy (non-hydrogen) atoms. The van der Waals surface area contributed by atoms with Crippen LogP contribution >= 0.6 is 11.6 Å². The first kappa shape index (κ1) is 18.6. The number of aromatic amines is 1. The highest BCUT2D eigenvalue weighted by Crippen LogP contribution is 2.44. The summed E-state index contributed by atoms with van der Waals surface area (Å²) in [4.78, 5) is 14.9. The summed E-state index contributed by atoms with van der Waals surface area (Å²) < 4.78 is 0. The molecule has 3 atom stereocenters. The molecule has 2 aromatic carbocycles. The van der Waals surface area contributed by atoms with Crippen molar-refractivity contribution in [2.75, 3.05) is 25.0 Å². The van der Waals surface area contributed by atoms with Gasteiger partial charge in [-0.15, -0.1) is 0 Å². The molecule has 1 saturated carbocycles. The molecule has 150 valence electrons. The number of halogens is 1. The van der Waals surface area contributed by atoms with Crippen LogP contribution in [0.5, 0.6) is 0 Å². The van der Waals surface area contributed by atoms with Crippen molar-refractivity contribution in [2.45, 2.75) is 19.3 Å². The summed E-state index contributed by atoms with van der Waals surface area (Å²) in [6, 6.07) is 14.0. The first-order chi connectivity index (χ1) is 14.2. The molecule has 1 aliphatic heterocycles. The Hall–Kier alpha value is -2.37. The Kier molecular flexibility index (Phi) is 5.02. The van der Waals surface area contributed by atoms with Gasteiger partial charge in [0.2, 0.25) is 5.91 Å². The van der Waals surface area contributed by atoms with Gasteiger partial charge in [-0.1, -0.05) is 29.8 Å². The van der Waals surface area contributed by atoms with E-state index in [4.69, 9.17) is 11.6 Å². The lowest BCUT2D eigenvalue weighted by atomic mass is 9.87. The molecule has 1 amide bonds. The van der Waals surface area contributed by atoms with Gasteiger partial charge in [0.1, 0.15) is 0 Å². The molecule has 2 heterocycles. The molecule has 5 rings (SSSR count). The van der Waals surface area contributed by atoms with Gasteiger partial charge in [0.05, 0.1) is 18.3 Å². The highest BCUT2D eigenvalue weighted by atomic mass is 35.5. The Morgan fingerprint density at radius 1 is 1.21 bits per heavy atom. The number of benzene rings is 2. The van der Waals surface area contributed by atoms with E-state index in [2.05, 4.69) is 32.5 Å². The van der Waals surface area contributed by atoms with Gasteiger partial charge in [0.15, 0.2) is 0 Å². The number of carbonyl (C=O) groups is 1. The number of rotatable bonds is 5. The van der Waals surface area contributed by atoms with Crippen LogP contribution in [0.1, 0.15) is 18.4 Å². The van der Waals surface area contributed by atoms with Crippen LogP contribution in [-0.4, -0.2) is 40.6 Å². The number of amides is 1. The molecule has 2 fully saturated rings. The van der Waals surface area contributed by atoms with E-state index < -0.39 is 0 Å². The maximum atomic E-state index is 12.6. The summed E-state index contributed by atoms with van der Waals surface area (Å²) in [5.41, 5.74) is 3.05. The van der Waals surface area contributed by atoms with Crippen LogP contribution in [0, 0.1) is 17.8 Å². The molecule has 3 aromatic rings. The van der Waals surface area contributed by atoms with Crippen molar-refractivity contribution in [1.29, 1.82) is 0 Å². The standard InChI is InChI=1S/C23H25ClN4O/c24-21-4-2-1-3-16(21)9-15-5-6-17-12-28(13-20(15)17)14-23(29)26-19-7-8-22-18(10-19)11-25-27-22/h1-4,7-8,10-11,15,17,20H,5-6,9,12-14H2,(H,25,27)(H,26,29)/t15-,17-,20-/m1/s1. The molecule has 1 saturated heterocycles. The lowest BCUT2D eigenvalue weighted by Crippen LogP contribution is -2.32. The summed E-state index contributed by atoms with van der Waals surface area (Å²) in [6.45, 7) is 2.49. The van der Waals surface area contributed by atoms with E-state index in [1.54, 1.807) is 6.20 Å². The third-order valence-electron chi connectivity index (χ3n) is 6.61. The van der Waals surface area contributed by atoms with Crippen molar-refractivity contribution in [1.82, 2.24) is 15.1 Å². The fourth-order valence-corrected chi connectivity index (χ4v) is 5.44. The van der Waals surface area contributed by atoms with E-state index in [1.165, 1.54) is 18.4 Å². The number of aromatic nitrogens is 2. The highest BCUT2D eigenvalue weighted by Gasteiger charge is 2.42. The predicted octanol–water partition coefficient (Wildman–Crippen LogP) is 4.36. The Bertz CT molecular complexity index is 1030. The number of likely N-dealkylation sites (tertiary alicyclic amines) is 1. The van der Waals surface area contributed by atoms with Gasteiger partial charge >= 0.3 is 0 Å². The van der Waals surface area contributed by atoms with Crippen molar-refractivity contribution in [3.05, 3.63) is 59.2 Å². The molecule has 1 aliphatic carbocycles. The Balaban J connectivity index is 1.18. The molecule has 0 unspecified atom stereocenters. The number of anilines is 1. The van der Waals surface area contributed by atoms with Gasteiger partial charge in [0.25, 0.3) is 0 Å². The normalized spacial score (nSPS) is 24.1. The van der Waals surface area contributed by atoms with Crippen molar-refractivity contribution in [2.24, 2.45) is 17.8 Å². The van der Waals surface area contributed by atoms with E-state index >= 15 is 0 Å². The van der Waals surface area contributed by atoms with Gasteiger partial charge in [-0.3, -0.25) is 14.8 Å². The second-order valence-electron chi connectivity index (χ2n) is 8.47. The summed E-state index contributed by atoms with van der Waals surface area (Å²) in [5, 5.41) is 11.9. The van der Waals surface area contributed by atoms with Crippen LogP contribution in [0.3, 0.4) is 0 Å². The minimum atomic E-state index is 0.0514. The van der Waals surface area contributed by atoms with Crippen LogP contribution in [-0.2, 0) is 11.2 Å². The van der Waals surface area contributed by atoms with Gasteiger partial charge in [-0.05, 0) is 66.8 Å². The average Bonchev–Trinajstić information content (AvgIpc) is 3.40. The zero-order chi connectivity index (χ0) is 19.8. The number of nitrogens with one attached hydrogen (secondary N) is 2. The quantitative estimate of drug-likeness (QED) is 0.659. The molecule has 2 N–H and O–H groups in total. The lowest BCUT2D eigenvalue weighted by molar-refractivity contribution is -0.117. The SMILES string of the molecule is O=C(CN1C[C@H]2CC[C@H](Cc3ccccc3Cl)[C@H]2C1)Nc1ccc2[nH]ncc2c1. The number of hydrogen-bond acceptors (Lipinski definition) is 3. The first-order valence-electron chi connectivity index (χ1n) is 10.3. The van der Waals surface area contributed by atoms with Crippen LogP contribution in [0.25, 0.3) is 10.9 Å². The van der Waals surface area contributed by atoms with Crippen molar-refractivity contribution < 1.29 is 4.79 Å². The average molecular weight is 409 g/mol. The monoisotopic (exact) mass is 408 g/mol. The summed E-state index contributed by atoms with van der Waals surface area (Å²) in [6.07, 6.45) is 5.34. The smallest absolute Gasteiger partial charge is 0.238 e. The number of carbonyl (C=O) groups excluding carboxylic acids is 1. The van der Waals surface area contributed by atoms with Crippen LogP contribution in [0.2, 0.25) is 5.02 Å². The van der Waals surface area contributed by atoms with E-state index in [1.807, 2.05) is 30.3 Å². The molecule has 5 nitrogen and oxygen atoms in total. The second-order valence-corrected chi connectivity index (χ2v) is 8.88. The van der Waals surface area contributed by atoms with Crippen molar-refractivity contribution in [3.63, 3.8) is 0 Å². The summed E-state index contributed by atoms with van der Waals surface area (Å²) in [5.74, 6) is 2.09. The molecule has 2 aliphatic rings. The Morgan fingerprint density at radius 2 is 2.10 bits per heavy atom. The molecule has 0 radical (unpaired) electrons. The van der Waals surface area contributed by atoms with E-state index in [-0.39, 0.29) is 5.91 Å². The van der Waals surface area contributed by atoms with Crippen molar-refractivity contribution >= 4 is 34.1 Å². The maximum absolute atomic E-state index is 12.6.